The topological polar surface area (TPSA) is 34.4 Å². The molecule has 0 spiro atoms. The van der Waals surface area contributed by atoms with Crippen molar-refractivity contribution < 1.29 is 4.79 Å². The van der Waals surface area contributed by atoms with Crippen LogP contribution in [0.5, 0.6) is 0 Å². The van der Waals surface area contributed by atoms with Crippen molar-refractivity contribution in [1.29, 1.82) is 0 Å². The summed E-state index contributed by atoms with van der Waals surface area (Å²) in [5, 5.41) is 0. The third kappa shape index (κ3) is 3.72. The van der Waals surface area contributed by atoms with Crippen molar-refractivity contribution in [3.05, 3.63) is 108 Å². The number of nitrogens with zero attached hydrogens (tertiary/aromatic N) is 2. The minimum atomic E-state index is 0.143. The van der Waals surface area contributed by atoms with Crippen molar-refractivity contribution in [3.63, 3.8) is 0 Å². The largest absolute Gasteiger partial charge is 0.294 e. The Morgan fingerprint density at radius 2 is 1.30 bits per heavy atom. The molecular weight excluding hydrogens is 332 g/mol. The normalized spacial score (nSPS) is 13.3. The molecular formula is C24H20N2O+. The molecule has 3 heteroatoms. The van der Waals surface area contributed by atoms with Gasteiger partial charge in [-0.15, -0.1) is 0 Å². The Hall–Kier alpha value is -3.46. The van der Waals surface area contributed by atoms with E-state index in [1.165, 1.54) is 0 Å². The van der Waals surface area contributed by atoms with E-state index in [1.54, 1.807) is 0 Å². The van der Waals surface area contributed by atoms with Gasteiger partial charge in [-0.25, -0.2) is 4.90 Å². The van der Waals surface area contributed by atoms with Crippen molar-refractivity contribution in [2.75, 3.05) is 6.54 Å². The molecule has 1 aliphatic heterocycles. The molecule has 0 amide bonds. The van der Waals surface area contributed by atoms with Gasteiger partial charge in [0.05, 0.1) is 6.54 Å². The van der Waals surface area contributed by atoms with Crippen molar-refractivity contribution in [1.82, 2.24) is 9.89 Å². The first-order chi connectivity index (χ1) is 13.3. The highest BCUT2D eigenvalue weighted by atomic mass is 16.1. The molecule has 3 aromatic carbocycles. The van der Waals surface area contributed by atoms with Crippen LogP contribution in [0.4, 0.5) is 0 Å². The lowest BCUT2D eigenvalue weighted by atomic mass is 10.0. The number of carbonyl (C=O) groups excluding carboxylic acids is 1. The van der Waals surface area contributed by atoms with Crippen LogP contribution in [-0.4, -0.2) is 23.6 Å². The van der Waals surface area contributed by atoms with Crippen LogP contribution < -0.4 is 4.99 Å². The molecule has 1 aliphatic rings. The van der Waals surface area contributed by atoms with Gasteiger partial charge in [0.15, 0.2) is 11.5 Å². The van der Waals surface area contributed by atoms with E-state index in [0.717, 1.165) is 28.1 Å². The number of ketones is 1. The summed E-state index contributed by atoms with van der Waals surface area (Å²) in [6.45, 7) is 0.595. The Balaban J connectivity index is 1.62. The third-order valence-corrected chi connectivity index (χ3v) is 4.61. The van der Waals surface area contributed by atoms with Gasteiger partial charge < -0.3 is 0 Å². The van der Waals surface area contributed by atoms with E-state index in [-0.39, 0.29) is 5.78 Å². The molecule has 0 saturated carbocycles. The number of aliphatic imine (C=N–C) groups is 1. The summed E-state index contributed by atoms with van der Waals surface area (Å²) >= 11 is 0. The highest BCUT2D eigenvalue weighted by Gasteiger charge is 2.31. The fourth-order valence-corrected chi connectivity index (χ4v) is 3.25. The van der Waals surface area contributed by atoms with Gasteiger partial charge in [-0.2, -0.15) is 0 Å². The van der Waals surface area contributed by atoms with E-state index in [4.69, 9.17) is 0 Å². The van der Waals surface area contributed by atoms with Crippen LogP contribution in [0.25, 0.3) is 11.4 Å². The van der Waals surface area contributed by atoms with Crippen LogP contribution in [0.3, 0.4) is 0 Å². The minimum Gasteiger partial charge on any atom is -0.294 e. The van der Waals surface area contributed by atoms with E-state index >= 15 is 0 Å². The molecule has 1 heterocycles. The second-order valence-corrected chi connectivity index (χ2v) is 6.41. The first kappa shape index (κ1) is 17.0. The van der Waals surface area contributed by atoms with E-state index in [9.17, 15) is 4.79 Å². The van der Waals surface area contributed by atoms with Crippen molar-refractivity contribution in [2.45, 2.75) is 6.42 Å². The quantitative estimate of drug-likeness (QED) is 0.614. The lowest BCUT2D eigenvalue weighted by molar-refractivity contribution is 0.0979. The summed E-state index contributed by atoms with van der Waals surface area (Å²) in [5.74, 6) is 0.143. The lowest BCUT2D eigenvalue weighted by Gasteiger charge is -2.12. The summed E-state index contributed by atoms with van der Waals surface area (Å²) in [4.78, 5) is 19.3. The number of hydrogen-bond acceptors (Lipinski definition) is 3. The summed E-state index contributed by atoms with van der Waals surface area (Å²) in [5.41, 5.74) is 4.91. The molecule has 27 heavy (non-hydrogen) atoms. The van der Waals surface area contributed by atoms with Crippen molar-refractivity contribution in [3.8, 4) is 0 Å². The lowest BCUT2D eigenvalue weighted by Crippen LogP contribution is -2.22. The molecule has 3 nitrogen and oxygen atoms in total. The average molecular weight is 352 g/mol. The summed E-state index contributed by atoms with van der Waals surface area (Å²) < 4.78 is 0. The van der Waals surface area contributed by atoms with Gasteiger partial charge in [-0.05, 0) is 4.99 Å². The SMILES string of the molecule is O=C(CCN1C=[N+]C(c2ccccc2)=C1c1ccccc1)c1ccccc1. The molecule has 0 aromatic heterocycles. The number of hydrogen-bond donors (Lipinski definition) is 0. The van der Waals surface area contributed by atoms with Gasteiger partial charge in [0, 0.05) is 23.1 Å². The second kappa shape index (κ2) is 7.83. The van der Waals surface area contributed by atoms with E-state index in [2.05, 4.69) is 34.2 Å². The molecule has 0 N–H and O–H groups in total. The van der Waals surface area contributed by atoms with Crippen LogP contribution in [0.1, 0.15) is 27.9 Å². The Kier molecular flexibility index (Phi) is 4.93. The molecule has 0 bridgehead atoms. The van der Waals surface area contributed by atoms with Gasteiger partial charge in [-0.1, -0.05) is 91.0 Å². The zero-order chi connectivity index (χ0) is 18.5. The molecule has 3 aromatic rings. The van der Waals surface area contributed by atoms with E-state index in [0.29, 0.717) is 13.0 Å². The van der Waals surface area contributed by atoms with Crippen LogP contribution in [0.15, 0.2) is 91.0 Å². The van der Waals surface area contributed by atoms with Crippen molar-refractivity contribution in [2.24, 2.45) is 0 Å². The summed E-state index contributed by atoms with van der Waals surface area (Å²) in [6, 6.07) is 29.8. The molecule has 0 unspecified atom stereocenters. The highest BCUT2D eigenvalue weighted by molar-refractivity contribution is 6.00. The average Bonchev–Trinajstić information content (AvgIpc) is 3.18. The van der Waals surface area contributed by atoms with Gasteiger partial charge in [0.1, 0.15) is 0 Å². The van der Waals surface area contributed by atoms with Crippen LogP contribution >= 0.6 is 0 Å². The first-order valence-electron chi connectivity index (χ1n) is 9.07. The number of benzene rings is 3. The second-order valence-electron chi connectivity index (χ2n) is 6.41. The first-order valence-corrected chi connectivity index (χ1v) is 9.07. The van der Waals surface area contributed by atoms with Gasteiger partial charge in [-0.3, -0.25) is 4.79 Å². The fraction of sp³-hybridized carbons (Fsp3) is 0.0833. The van der Waals surface area contributed by atoms with Crippen molar-refractivity contribution >= 4 is 23.5 Å². The molecule has 1 radical (unpaired) electrons. The maximum absolute atomic E-state index is 12.5. The van der Waals surface area contributed by atoms with Crippen LogP contribution in [-0.2, 0) is 0 Å². The van der Waals surface area contributed by atoms with Crippen LogP contribution in [0, 0.1) is 0 Å². The molecule has 4 rings (SSSR count). The Morgan fingerprint density at radius 3 is 1.93 bits per heavy atom. The van der Waals surface area contributed by atoms with E-state index in [1.807, 2.05) is 73.1 Å². The maximum Gasteiger partial charge on any atom is 0.287 e. The number of rotatable bonds is 6. The number of carbonyl (C=O) groups is 1. The molecule has 131 valence electrons. The number of Topliss-reactive ketones (excluding diaryl/α,β-unsaturated/α-hetero) is 1. The van der Waals surface area contributed by atoms with E-state index < -0.39 is 0 Å². The van der Waals surface area contributed by atoms with Gasteiger partial charge in [0.25, 0.3) is 6.34 Å². The predicted molar refractivity (Wildman–Crippen MR) is 110 cm³/mol. The van der Waals surface area contributed by atoms with Crippen LogP contribution in [0.2, 0.25) is 0 Å². The zero-order valence-electron chi connectivity index (χ0n) is 15.0. The summed E-state index contributed by atoms with van der Waals surface area (Å²) in [6.07, 6.45) is 2.28. The Bertz CT molecular complexity index is 977. The monoisotopic (exact) mass is 352 g/mol. The smallest absolute Gasteiger partial charge is 0.287 e. The maximum atomic E-state index is 12.5. The summed E-state index contributed by atoms with van der Waals surface area (Å²) in [7, 11) is 0. The Morgan fingerprint density at radius 1 is 0.741 bits per heavy atom. The zero-order valence-corrected chi connectivity index (χ0v) is 15.0. The molecule has 0 atom stereocenters. The highest BCUT2D eigenvalue weighted by Crippen LogP contribution is 2.30. The Labute approximate surface area is 159 Å². The standard InChI is InChI=1S/C24H20N2O/c27-22(19-10-4-1-5-11-19)16-17-26-18-25-23(20-12-6-2-7-13-20)24(26)21-14-8-3-9-15-21/h1-15,18H,16-17H2/q+1. The molecule has 0 saturated heterocycles. The third-order valence-electron chi connectivity index (χ3n) is 4.61. The molecule has 0 fully saturated rings. The molecule has 0 aliphatic carbocycles. The van der Waals surface area contributed by atoms with Gasteiger partial charge >= 0.3 is 0 Å². The minimum absolute atomic E-state index is 0.143. The predicted octanol–water partition coefficient (Wildman–Crippen LogP) is 4.47. The van der Waals surface area contributed by atoms with Gasteiger partial charge in [0.2, 0.25) is 5.70 Å². The fourth-order valence-electron chi connectivity index (χ4n) is 3.25.